The van der Waals surface area contributed by atoms with Gasteiger partial charge in [0.15, 0.2) is 0 Å². The van der Waals surface area contributed by atoms with Crippen LogP contribution in [-0.2, 0) is 19.5 Å². The first kappa shape index (κ1) is 15.9. The number of carbonyl (C=O) groups excluding carboxylic acids is 1. The van der Waals surface area contributed by atoms with Crippen molar-refractivity contribution < 1.29 is 22.7 Å². The lowest BCUT2D eigenvalue weighted by Crippen LogP contribution is -2.22. The zero-order valence-electron chi connectivity index (χ0n) is 12.1. The van der Waals surface area contributed by atoms with Crippen LogP contribution in [0.4, 0.5) is 0 Å². The minimum Gasteiger partial charge on any atom is -0.459 e. The number of ether oxygens (including phenoxy) is 2. The van der Waals surface area contributed by atoms with Gasteiger partial charge in [0.05, 0.1) is 16.6 Å². The molecule has 1 heterocycles. The molecule has 7 heteroatoms. The van der Waals surface area contributed by atoms with Crippen LogP contribution in [0.5, 0.6) is 0 Å². The fourth-order valence-electron chi connectivity index (χ4n) is 2.00. The Kier molecular flexibility index (Phi) is 4.97. The molecule has 1 fully saturated rings. The van der Waals surface area contributed by atoms with Gasteiger partial charge >= 0.3 is 5.97 Å². The van der Waals surface area contributed by atoms with E-state index in [1.54, 1.807) is 0 Å². The van der Waals surface area contributed by atoms with Gasteiger partial charge in [-0.05, 0) is 37.1 Å². The molecule has 1 aliphatic heterocycles. The van der Waals surface area contributed by atoms with E-state index in [1.807, 2.05) is 0 Å². The van der Waals surface area contributed by atoms with Gasteiger partial charge in [0.25, 0.3) is 0 Å². The highest BCUT2D eigenvalue weighted by molar-refractivity contribution is 7.89. The van der Waals surface area contributed by atoms with Gasteiger partial charge in [-0.1, -0.05) is 0 Å². The number of rotatable bonds is 5. The predicted molar refractivity (Wildman–Crippen MR) is 76.6 cm³/mol. The van der Waals surface area contributed by atoms with Crippen LogP contribution in [0.25, 0.3) is 0 Å². The lowest BCUT2D eigenvalue weighted by Gasteiger charge is -2.12. The number of hydrogen-bond donors (Lipinski definition) is 0. The maximum absolute atomic E-state index is 11.9. The molecule has 2 rings (SSSR count). The van der Waals surface area contributed by atoms with Crippen molar-refractivity contribution in [2.24, 2.45) is 0 Å². The van der Waals surface area contributed by atoms with Crippen LogP contribution in [0.1, 0.15) is 23.2 Å². The normalized spacial score (nSPS) is 18.9. The fourth-order valence-corrected chi connectivity index (χ4v) is 2.90. The third kappa shape index (κ3) is 3.81. The zero-order chi connectivity index (χ0) is 15.5. The van der Waals surface area contributed by atoms with Crippen LogP contribution in [0.2, 0.25) is 0 Å². The largest absolute Gasteiger partial charge is 0.459 e. The summed E-state index contributed by atoms with van der Waals surface area (Å²) in [4.78, 5) is 12.0. The van der Waals surface area contributed by atoms with Crippen LogP contribution in [0.3, 0.4) is 0 Å². The second-order valence-corrected chi connectivity index (χ2v) is 7.20. The summed E-state index contributed by atoms with van der Waals surface area (Å²) in [5, 5.41) is 0. The Bertz CT molecular complexity index is 588. The van der Waals surface area contributed by atoms with Gasteiger partial charge in [0.2, 0.25) is 10.0 Å². The second-order valence-electron chi connectivity index (χ2n) is 5.05. The maximum Gasteiger partial charge on any atom is 0.338 e. The number of nitrogens with zero attached hydrogens (tertiary/aromatic N) is 1. The van der Waals surface area contributed by atoms with Crippen molar-refractivity contribution in [2.75, 3.05) is 27.3 Å². The standard InChI is InChI=1S/C14H19NO5S/c1-15(2)21(17,18)13-7-5-11(6-8-13)14(16)20-10-12-4-3-9-19-12/h5-8,12H,3-4,9-10H2,1-2H3/t12-/m1/s1. The number of sulfonamides is 1. The van der Waals surface area contributed by atoms with E-state index in [0.717, 1.165) is 17.1 Å². The van der Waals surface area contributed by atoms with E-state index in [0.29, 0.717) is 12.2 Å². The Hall–Kier alpha value is -1.44. The minimum atomic E-state index is -3.48. The van der Waals surface area contributed by atoms with Crippen LogP contribution in [0.15, 0.2) is 29.2 Å². The maximum atomic E-state index is 11.9. The zero-order valence-corrected chi connectivity index (χ0v) is 12.9. The van der Waals surface area contributed by atoms with Gasteiger partial charge in [-0.3, -0.25) is 0 Å². The highest BCUT2D eigenvalue weighted by atomic mass is 32.2. The first-order valence-electron chi connectivity index (χ1n) is 6.72. The van der Waals surface area contributed by atoms with Gasteiger partial charge in [-0.25, -0.2) is 17.5 Å². The topological polar surface area (TPSA) is 72.9 Å². The number of esters is 1. The molecule has 1 aliphatic rings. The molecule has 1 atom stereocenters. The Labute approximate surface area is 124 Å². The minimum absolute atomic E-state index is 0.0256. The summed E-state index contributed by atoms with van der Waals surface area (Å²) in [6, 6.07) is 5.71. The van der Waals surface area contributed by atoms with Crippen molar-refractivity contribution in [3.05, 3.63) is 29.8 Å². The van der Waals surface area contributed by atoms with E-state index in [9.17, 15) is 13.2 Å². The summed E-state index contributed by atoms with van der Waals surface area (Å²) in [6.07, 6.45) is 1.86. The molecule has 0 aliphatic carbocycles. The Balaban J connectivity index is 1.99. The molecule has 0 aromatic heterocycles. The van der Waals surface area contributed by atoms with E-state index in [-0.39, 0.29) is 17.6 Å². The monoisotopic (exact) mass is 313 g/mol. The smallest absolute Gasteiger partial charge is 0.338 e. The molecule has 21 heavy (non-hydrogen) atoms. The molecule has 1 saturated heterocycles. The van der Waals surface area contributed by atoms with E-state index < -0.39 is 16.0 Å². The van der Waals surface area contributed by atoms with Gasteiger partial charge < -0.3 is 9.47 Å². The summed E-state index contributed by atoms with van der Waals surface area (Å²) in [6.45, 7) is 0.940. The van der Waals surface area contributed by atoms with E-state index in [2.05, 4.69) is 0 Å². The SMILES string of the molecule is CN(C)S(=O)(=O)c1ccc(C(=O)OC[C@H]2CCCO2)cc1. The van der Waals surface area contributed by atoms with Crippen molar-refractivity contribution in [1.82, 2.24) is 4.31 Å². The first-order chi connectivity index (χ1) is 9.91. The molecule has 1 aromatic carbocycles. The van der Waals surface area contributed by atoms with Crippen molar-refractivity contribution in [1.29, 1.82) is 0 Å². The Morgan fingerprint density at radius 3 is 2.52 bits per heavy atom. The average molecular weight is 313 g/mol. The first-order valence-corrected chi connectivity index (χ1v) is 8.16. The van der Waals surface area contributed by atoms with Crippen molar-refractivity contribution >= 4 is 16.0 Å². The third-order valence-electron chi connectivity index (χ3n) is 3.29. The van der Waals surface area contributed by atoms with Crippen LogP contribution < -0.4 is 0 Å². The summed E-state index contributed by atoms with van der Waals surface area (Å²) in [5.41, 5.74) is 0.325. The molecule has 0 radical (unpaired) electrons. The Morgan fingerprint density at radius 2 is 2.00 bits per heavy atom. The number of hydrogen-bond acceptors (Lipinski definition) is 5. The molecule has 0 unspecified atom stereocenters. The third-order valence-corrected chi connectivity index (χ3v) is 5.12. The molecular weight excluding hydrogens is 294 g/mol. The lowest BCUT2D eigenvalue weighted by molar-refractivity contribution is 0.0161. The van der Waals surface area contributed by atoms with Crippen molar-refractivity contribution in [2.45, 2.75) is 23.8 Å². The van der Waals surface area contributed by atoms with Gasteiger partial charge in [-0.15, -0.1) is 0 Å². The Morgan fingerprint density at radius 1 is 1.33 bits per heavy atom. The van der Waals surface area contributed by atoms with E-state index >= 15 is 0 Å². The quantitative estimate of drug-likeness (QED) is 0.766. The molecule has 0 N–H and O–H groups in total. The second kappa shape index (κ2) is 6.55. The van der Waals surface area contributed by atoms with Crippen LogP contribution in [-0.4, -0.2) is 52.1 Å². The molecule has 0 bridgehead atoms. The molecule has 1 aromatic rings. The van der Waals surface area contributed by atoms with Crippen LogP contribution >= 0.6 is 0 Å². The number of benzene rings is 1. The highest BCUT2D eigenvalue weighted by Crippen LogP contribution is 2.16. The summed E-state index contributed by atoms with van der Waals surface area (Å²) in [5.74, 6) is -0.473. The molecule has 116 valence electrons. The predicted octanol–water partition coefficient (Wildman–Crippen LogP) is 1.27. The van der Waals surface area contributed by atoms with Crippen LogP contribution in [0, 0.1) is 0 Å². The molecule has 0 spiro atoms. The van der Waals surface area contributed by atoms with E-state index in [1.165, 1.54) is 38.4 Å². The van der Waals surface area contributed by atoms with Gasteiger partial charge in [0, 0.05) is 20.7 Å². The lowest BCUT2D eigenvalue weighted by atomic mass is 10.2. The van der Waals surface area contributed by atoms with Gasteiger partial charge in [-0.2, -0.15) is 0 Å². The summed E-state index contributed by atoms with van der Waals surface area (Å²) >= 11 is 0. The molecule has 0 amide bonds. The van der Waals surface area contributed by atoms with Crippen molar-refractivity contribution in [3.63, 3.8) is 0 Å². The molecule has 0 saturated carbocycles. The van der Waals surface area contributed by atoms with Crippen molar-refractivity contribution in [3.8, 4) is 0 Å². The molecule has 6 nitrogen and oxygen atoms in total. The fraction of sp³-hybridized carbons (Fsp3) is 0.500. The van der Waals surface area contributed by atoms with E-state index in [4.69, 9.17) is 9.47 Å². The summed E-state index contributed by atoms with van der Waals surface area (Å²) < 4.78 is 35.5. The summed E-state index contributed by atoms with van der Waals surface area (Å²) in [7, 11) is -0.569. The van der Waals surface area contributed by atoms with Gasteiger partial charge in [0.1, 0.15) is 6.61 Å². The highest BCUT2D eigenvalue weighted by Gasteiger charge is 2.20. The average Bonchev–Trinajstić information content (AvgIpc) is 2.98. The number of carbonyl (C=O) groups is 1. The molecular formula is C14H19NO5S.